The molecule has 0 aromatic rings. The van der Waals surface area contributed by atoms with Crippen LogP contribution in [0.2, 0.25) is 0 Å². The van der Waals surface area contributed by atoms with E-state index in [0.717, 1.165) is 19.3 Å². The molecule has 0 amide bonds. The van der Waals surface area contributed by atoms with Gasteiger partial charge in [-0.05, 0) is 33.6 Å². The lowest BCUT2D eigenvalue weighted by Gasteiger charge is -2.38. The molecule has 1 rings (SSSR count). The fraction of sp³-hybridized carbons (Fsp3) is 0.909. The van der Waals surface area contributed by atoms with Crippen molar-refractivity contribution < 1.29 is 9.53 Å². The largest absolute Gasteiger partial charge is 0.459 e. The molecule has 0 aromatic heterocycles. The van der Waals surface area contributed by atoms with Crippen molar-refractivity contribution in [3.8, 4) is 0 Å². The Balaban J connectivity index is 2.71. The zero-order valence-electron chi connectivity index (χ0n) is 9.88. The van der Waals surface area contributed by atoms with Crippen LogP contribution in [-0.4, -0.2) is 23.2 Å². The molecule has 0 saturated heterocycles. The van der Waals surface area contributed by atoms with Crippen molar-refractivity contribution in [1.82, 2.24) is 0 Å². The third-order valence-corrected chi connectivity index (χ3v) is 2.80. The molecule has 0 heterocycles. The summed E-state index contributed by atoms with van der Waals surface area (Å²) in [5, 5.41) is 0. The van der Waals surface area contributed by atoms with Crippen molar-refractivity contribution in [3.05, 3.63) is 0 Å². The molecule has 0 spiro atoms. The normalized spacial score (nSPS) is 32.5. The molecular formula is C11H22N2O2. The van der Waals surface area contributed by atoms with Crippen molar-refractivity contribution in [3.63, 3.8) is 0 Å². The maximum absolute atomic E-state index is 11.9. The molecule has 88 valence electrons. The van der Waals surface area contributed by atoms with Crippen LogP contribution in [0, 0.1) is 0 Å². The van der Waals surface area contributed by atoms with Crippen LogP contribution in [0.15, 0.2) is 0 Å². The van der Waals surface area contributed by atoms with Gasteiger partial charge in [0.1, 0.15) is 11.1 Å². The van der Waals surface area contributed by atoms with Crippen LogP contribution in [0.1, 0.15) is 46.5 Å². The van der Waals surface area contributed by atoms with E-state index >= 15 is 0 Å². The van der Waals surface area contributed by atoms with Crippen LogP contribution < -0.4 is 11.5 Å². The van der Waals surface area contributed by atoms with Crippen molar-refractivity contribution in [2.45, 2.75) is 63.6 Å². The Morgan fingerprint density at radius 2 is 2.00 bits per heavy atom. The number of carbonyl (C=O) groups is 1. The predicted octanol–water partition coefficient (Wildman–Crippen LogP) is 0.927. The Hall–Kier alpha value is -0.610. The van der Waals surface area contributed by atoms with Gasteiger partial charge in [0.05, 0.1) is 0 Å². The maximum atomic E-state index is 11.9. The van der Waals surface area contributed by atoms with E-state index < -0.39 is 11.1 Å². The summed E-state index contributed by atoms with van der Waals surface area (Å²) in [6.45, 7) is 5.51. The Morgan fingerprint density at radius 3 is 2.47 bits per heavy atom. The third kappa shape index (κ3) is 2.92. The van der Waals surface area contributed by atoms with Gasteiger partial charge in [-0.3, -0.25) is 0 Å². The highest BCUT2D eigenvalue weighted by Crippen LogP contribution is 2.27. The van der Waals surface area contributed by atoms with E-state index in [1.165, 1.54) is 0 Å². The standard InChI is InChI=1S/C11H22N2O2/c1-10(2,3)15-9(14)11(13)7-5-4-6-8(11)12/h8H,4-7,12-13H2,1-3H3. The molecular weight excluding hydrogens is 192 g/mol. The van der Waals surface area contributed by atoms with E-state index in [9.17, 15) is 4.79 Å². The number of rotatable bonds is 1. The number of hydrogen-bond acceptors (Lipinski definition) is 4. The summed E-state index contributed by atoms with van der Waals surface area (Å²) in [5.74, 6) is -0.359. The van der Waals surface area contributed by atoms with Gasteiger partial charge in [0.15, 0.2) is 0 Å². The van der Waals surface area contributed by atoms with Gasteiger partial charge >= 0.3 is 5.97 Å². The van der Waals surface area contributed by atoms with Gasteiger partial charge in [-0.15, -0.1) is 0 Å². The first-order valence-corrected chi connectivity index (χ1v) is 5.53. The van der Waals surface area contributed by atoms with Crippen LogP contribution >= 0.6 is 0 Å². The Bertz CT molecular complexity index is 247. The van der Waals surface area contributed by atoms with Gasteiger partial charge in [0, 0.05) is 6.04 Å². The molecule has 0 radical (unpaired) electrons. The molecule has 2 atom stereocenters. The molecule has 4 heteroatoms. The van der Waals surface area contributed by atoms with Gasteiger partial charge in [0.25, 0.3) is 0 Å². The summed E-state index contributed by atoms with van der Waals surface area (Å²) < 4.78 is 5.31. The predicted molar refractivity (Wildman–Crippen MR) is 59.2 cm³/mol. The third-order valence-electron chi connectivity index (χ3n) is 2.80. The summed E-state index contributed by atoms with van der Waals surface area (Å²) in [6.07, 6.45) is 3.42. The van der Waals surface area contributed by atoms with E-state index in [1.54, 1.807) is 0 Å². The average molecular weight is 214 g/mol. The zero-order chi connectivity index (χ0) is 11.7. The van der Waals surface area contributed by atoms with Crippen LogP contribution in [-0.2, 0) is 9.53 Å². The van der Waals surface area contributed by atoms with Gasteiger partial charge in [0.2, 0.25) is 0 Å². The number of hydrogen-bond donors (Lipinski definition) is 2. The lowest BCUT2D eigenvalue weighted by atomic mass is 9.78. The number of ether oxygens (including phenoxy) is 1. The topological polar surface area (TPSA) is 78.3 Å². The minimum atomic E-state index is -0.981. The summed E-state index contributed by atoms with van der Waals surface area (Å²) in [7, 11) is 0. The van der Waals surface area contributed by atoms with Gasteiger partial charge < -0.3 is 16.2 Å². The fourth-order valence-electron chi connectivity index (χ4n) is 1.85. The molecule has 1 saturated carbocycles. The molecule has 1 fully saturated rings. The van der Waals surface area contributed by atoms with Crippen molar-refractivity contribution in [2.24, 2.45) is 11.5 Å². The van der Waals surface area contributed by atoms with Crippen LogP contribution in [0.5, 0.6) is 0 Å². The first-order valence-electron chi connectivity index (χ1n) is 5.53. The molecule has 0 aliphatic heterocycles. The van der Waals surface area contributed by atoms with Gasteiger partial charge in [-0.1, -0.05) is 12.8 Å². The van der Waals surface area contributed by atoms with Gasteiger partial charge in [-0.25, -0.2) is 4.79 Å². The number of carbonyl (C=O) groups excluding carboxylic acids is 1. The number of esters is 1. The Kier molecular flexibility index (Phi) is 3.41. The first kappa shape index (κ1) is 12.5. The molecule has 1 aliphatic rings. The van der Waals surface area contributed by atoms with Crippen molar-refractivity contribution >= 4 is 5.97 Å². The molecule has 0 bridgehead atoms. The molecule has 1 aliphatic carbocycles. The highest BCUT2D eigenvalue weighted by molar-refractivity contribution is 5.82. The zero-order valence-corrected chi connectivity index (χ0v) is 9.88. The molecule has 15 heavy (non-hydrogen) atoms. The lowest BCUT2D eigenvalue weighted by Crippen LogP contribution is -2.63. The molecule has 4 N–H and O–H groups in total. The quantitative estimate of drug-likeness (QED) is 0.636. The van der Waals surface area contributed by atoms with E-state index in [0.29, 0.717) is 6.42 Å². The molecule has 2 unspecified atom stereocenters. The van der Waals surface area contributed by atoms with E-state index in [2.05, 4.69) is 0 Å². The van der Waals surface area contributed by atoms with Crippen LogP contribution in [0.3, 0.4) is 0 Å². The van der Waals surface area contributed by atoms with E-state index in [1.807, 2.05) is 20.8 Å². The minimum Gasteiger partial charge on any atom is -0.459 e. The van der Waals surface area contributed by atoms with E-state index in [4.69, 9.17) is 16.2 Å². The summed E-state index contributed by atoms with van der Waals surface area (Å²) in [4.78, 5) is 11.9. The highest BCUT2D eigenvalue weighted by Gasteiger charge is 2.44. The maximum Gasteiger partial charge on any atom is 0.328 e. The first-order chi connectivity index (χ1) is 6.76. The lowest BCUT2D eigenvalue weighted by molar-refractivity contribution is -0.163. The van der Waals surface area contributed by atoms with Crippen LogP contribution in [0.25, 0.3) is 0 Å². The second kappa shape index (κ2) is 4.10. The molecule has 0 aromatic carbocycles. The fourth-order valence-corrected chi connectivity index (χ4v) is 1.85. The monoisotopic (exact) mass is 214 g/mol. The molecule has 4 nitrogen and oxygen atoms in total. The summed E-state index contributed by atoms with van der Waals surface area (Å²) >= 11 is 0. The Labute approximate surface area is 91.3 Å². The smallest absolute Gasteiger partial charge is 0.328 e. The second-order valence-corrected chi connectivity index (χ2v) is 5.39. The van der Waals surface area contributed by atoms with Crippen LogP contribution in [0.4, 0.5) is 0 Å². The SMILES string of the molecule is CC(C)(C)OC(=O)C1(N)CCCCC1N. The van der Waals surface area contributed by atoms with Crippen molar-refractivity contribution in [1.29, 1.82) is 0 Å². The number of nitrogens with two attached hydrogens (primary N) is 2. The summed E-state index contributed by atoms with van der Waals surface area (Å²) in [6, 6.07) is -0.277. The van der Waals surface area contributed by atoms with Gasteiger partial charge in [-0.2, -0.15) is 0 Å². The van der Waals surface area contributed by atoms with Crippen molar-refractivity contribution in [2.75, 3.05) is 0 Å². The highest BCUT2D eigenvalue weighted by atomic mass is 16.6. The minimum absolute atomic E-state index is 0.277. The second-order valence-electron chi connectivity index (χ2n) is 5.39. The Morgan fingerprint density at radius 1 is 1.40 bits per heavy atom. The summed E-state index contributed by atoms with van der Waals surface area (Å²) in [5.41, 5.74) is 10.5. The average Bonchev–Trinajstić information content (AvgIpc) is 2.07. The van der Waals surface area contributed by atoms with E-state index in [-0.39, 0.29) is 12.0 Å².